The molecular weight excluding hydrogens is 298 g/mol. The zero-order valence-corrected chi connectivity index (χ0v) is 14.5. The van der Waals surface area contributed by atoms with Crippen molar-refractivity contribution in [1.82, 2.24) is 10.2 Å². The Labute approximate surface area is 133 Å². The van der Waals surface area contributed by atoms with Crippen LogP contribution in [-0.2, 0) is 9.84 Å². The molecule has 1 aromatic rings. The summed E-state index contributed by atoms with van der Waals surface area (Å²) >= 11 is 0. The normalized spacial score (nSPS) is 22.5. The molecule has 1 aliphatic rings. The standard InChI is InChI=1S/C16H25N3O2S/c1-12(2)11-19(3)16-10-17-9-15(18-16)13-5-7-14(8-6-13)22(4,20)21/h5-9,12,15-16,18H,10-11H2,1-4H3. The quantitative estimate of drug-likeness (QED) is 0.896. The van der Waals surface area contributed by atoms with Crippen molar-refractivity contribution in [3.8, 4) is 0 Å². The fourth-order valence-corrected chi connectivity index (χ4v) is 3.27. The minimum absolute atomic E-state index is 0.0157. The smallest absolute Gasteiger partial charge is 0.175 e. The van der Waals surface area contributed by atoms with Gasteiger partial charge in [0.05, 0.1) is 23.6 Å². The summed E-state index contributed by atoms with van der Waals surface area (Å²) < 4.78 is 23.0. The van der Waals surface area contributed by atoms with E-state index in [1.165, 1.54) is 6.26 Å². The highest BCUT2D eigenvalue weighted by molar-refractivity contribution is 7.90. The number of hydrogen-bond acceptors (Lipinski definition) is 5. The van der Waals surface area contributed by atoms with Gasteiger partial charge >= 0.3 is 0 Å². The first kappa shape index (κ1) is 17.1. The van der Waals surface area contributed by atoms with Crippen LogP contribution >= 0.6 is 0 Å². The first-order chi connectivity index (χ1) is 10.3. The van der Waals surface area contributed by atoms with Gasteiger partial charge in [-0.05, 0) is 30.7 Å². The Hall–Kier alpha value is -1.24. The third-order valence-corrected chi connectivity index (χ3v) is 4.89. The largest absolute Gasteiger partial charge is 0.292 e. The van der Waals surface area contributed by atoms with E-state index in [1.807, 2.05) is 18.3 Å². The van der Waals surface area contributed by atoms with Gasteiger partial charge in [-0.2, -0.15) is 0 Å². The number of rotatable bonds is 5. The van der Waals surface area contributed by atoms with Crippen molar-refractivity contribution in [2.75, 3.05) is 26.4 Å². The lowest BCUT2D eigenvalue weighted by molar-refractivity contribution is 0.180. The maximum atomic E-state index is 11.5. The van der Waals surface area contributed by atoms with E-state index in [0.717, 1.165) is 18.7 Å². The lowest BCUT2D eigenvalue weighted by atomic mass is 10.1. The molecule has 1 heterocycles. The molecule has 0 fully saturated rings. The van der Waals surface area contributed by atoms with Crippen LogP contribution in [0.1, 0.15) is 25.5 Å². The van der Waals surface area contributed by atoms with Gasteiger partial charge in [0.25, 0.3) is 0 Å². The second-order valence-electron chi connectivity index (χ2n) is 6.35. The van der Waals surface area contributed by atoms with E-state index in [1.54, 1.807) is 12.1 Å². The Morgan fingerprint density at radius 2 is 1.95 bits per heavy atom. The van der Waals surface area contributed by atoms with Crippen LogP contribution in [0, 0.1) is 5.92 Å². The van der Waals surface area contributed by atoms with E-state index >= 15 is 0 Å². The molecule has 0 saturated carbocycles. The fourth-order valence-electron chi connectivity index (χ4n) is 2.64. The minimum Gasteiger partial charge on any atom is -0.292 e. The molecule has 2 unspecified atom stereocenters. The third kappa shape index (κ3) is 4.38. The molecule has 0 spiro atoms. The van der Waals surface area contributed by atoms with Gasteiger partial charge < -0.3 is 0 Å². The number of aliphatic imine (C=N–C) groups is 1. The molecule has 0 aliphatic carbocycles. The second-order valence-corrected chi connectivity index (χ2v) is 8.36. The molecule has 2 rings (SSSR count). The van der Waals surface area contributed by atoms with Crippen LogP contribution in [0.3, 0.4) is 0 Å². The Morgan fingerprint density at radius 1 is 1.32 bits per heavy atom. The minimum atomic E-state index is -3.15. The third-order valence-electron chi connectivity index (χ3n) is 3.76. The molecule has 0 radical (unpaired) electrons. The van der Waals surface area contributed by atoms with Crippen LogP contribution < -0.4 is 5.32 Å². The highest BCUT2D eigenvalue weighted by Crippen LogP contribution is 2.18. The summed E-state index contributed by atoms with van der Waals surface area (Å²) in [5, 5.41) is 3.56. The van der Waals surface area contributed by atoms with E-state index in [0.29, 0.717) is 10.8 Å². The van der Waals surface area contributed by atoms with Gasteiger partial charge in [0.15, 0.2) is 9.84 Å². The summed E-state index contributed by atoms with van der Waals surface area (Å²) in [6.45, 7) is 6.14. The summed E-state index contributed by atoms with van der Waals surface area (Å²) in [5.41, 5.74) is 1.03. The first-order valence-corrected chi connectivity index (χ1v) is 9.43. The molecule has 22 heavy (non-hydrogen) atoms. The Balaban J connectivity index is 2.10. The Bertz CT molecular complexity index is 623. The molecule has 0 saturated heterocycles. The molecule has 0 amide bonds. The maximum Gasteiger partial charge on any atom is 0.175 e. The first-order valence-electron chi connectivity index (χ1n) is 7.53. The van der Waals surface area contributed by atoms with Gasteiger partial charge in [-0.3, -0.25) is 15.2 Å². The van der Waals surface area contributed by atoms with Gasteiger partial charge in [0.1, 0.15) is 0 Å². The van der Waals surface area contributed by atoms with Crippen molar-refractivity contribution in [2.45, 2.75) is 31.0 Å². The van der Waals surface area contributed by atoms with Crippen LogP contribution in [0.5, 0.6) is 0 Å². The van der Waals surface area contributed by atoms with Crippen LogP contribution in [0.15, 0.2) is 34.2 Å². The van der Waals surface area contributed by atoms with Crippen molar-refractivity contribution in [3.05, 3.63) is 29.8 Å². The molecule has 6 heteroatoms. The van der Waals surface area contributed by atoms with Crippen LogP contribution in [0.2, 0.25) is 0 Å². The molecule has 1 N–H and O–H groups in total. The van der Waals surface area contributed by atoms with Crippen molar-refractivity contribution in [3.63, 3.8) is 0 Å². The number of nitrogens with one attached hydrogen (secondary N) is 1. The lowest BCUT2D eigenvalue weighted by Gasteiger charge is -2.34. The lowest BCUT2D eigenvalue weighted by Crippen LogP contribution is -2.50. The number of benzene rings is 1. The van der Waals surface area contributed by atoms with Crippen molar-refractivity contribution in [1.29, 1.82) is 0 Å². The molecule has 122 valence electrons. The molecule has 2 atom stereocenters. The van der Waals surface area contributed by atoms with E-state index in [-0.39, 0.29) is 12.2 Å². The molecule has 0 bridgehead atoms. The molecule has 1 aliphatic heterocycles. The molecule has 1 aromatic carbocycles. The molecular formula is C16H25N3O2S. The molecule has 5 nitrogen and oxygen atoms in total. The number of hydrogen-bond donors (Lipinski definition) is 1. The van der Waals surface area contributed by atoms with Crippen LogP contribution in [-0.4, -0.2) is 52.1 Å². The predicted molar refractivity (Wildman–Crippen MR) is 90.0 cm³/mol. The van der Waals surface area contributed by atoms with Crippen molar-refractivity contribution in [2.24, 2.45) is 10.9 Å². The SMILES string of the molecule is CC(C)CN(C)C1CN=CC(c2ccc(S(C)(=O)=O)cc2)N1. The van der Waals surface area contributed by atoms with Crippen molar-refractivity contribution < 1.29 is 8.42 Å². The van der Waals surface area contributed by atoms with E-state index < -0.39 is 9.84 Å². The highest BCUT2D eigenvalue weighted by atomic mass is 32.2. The molecule has 0 aromatic heterocycles. The van der Waals surface area contributed by atoms with E-state index in [4.69, 9.17) is 0 Å². The zero-order valence-electron chi connectivity index (χ0n) is 13.7. The Morgan fingerprint density at radius 3 is 2.50 bits per heavy atom. The summed E-state index contributed by atoms with van der Waals surface area (Å²) in [7, 11) is -1.05. The van der Waals surface area contributed by atoms with E-state index in [9.17, 15) is 8.42 Å². The summed E-state index contributed by atoms with van der Waals surface area (Å²) in [4.78, 5) is 7.09. The van der Waals surface area contributed by atoms with E-state index in [2.05, 4.69) is 36.1 Å². The second kappa shape index (κ2) is 6.89. The number of nitrogens with zero attached hydrogens (tertiary/aromatic N) is 2. The fraction of sp³-hybridized carbons (Fsp3) is 0.562. The average molecular weight is 323 g/mol. The van der Waals surface area contributed by atoms with Crippen LogP contribution in [0.4, 0.5) is 0 Å². The summed E-state index contributed by atoms with van der Waals surface area (Å²) in [5.74, 6) is 0.602. The monoisotopic (exact) mass is 323 g/mol. The van der Waals surface area contributed by atoms with Crippen LogP contribution in [0.25, 0.3) is 0 Å². The average Bonchev–Trinajstić information content (AvgIpc) is 2.46. The van der Waals surface area contributed by atoms with Gasteiger partial charge in [0, 0.05) is 19.0 Å². The van der Waals surface area contributed by atoms with Gasteiger partial charge in [-0.15, -0.1) is 0 Å². The van der Waals surface area contributed by atoms with Gasteiger partial charge in [0.2, 0.25) is 0 Å². The maximum absolute atomic E-state index is 11.5. The summed E-state index contributed by atoms with van der Waals surface area (Å²) in [6.07, 6.45) is 3.32. The number of sulfone groups is 1. The topological polar surface area (TPSA) is 61.8 Å². The number of likely N-dealkylation sites (N-methyl/N-ethyl adjacent to an activating group) is 1. The zero-order chi connectivity index (χ0) is 16.3. The predicted octanol–water partition coefficient (Wildman–Crippen LogP) is 1.72. The van der Waals surface area contributed by atoms with Crippen molar-refractivity contribution >= 4 is 16.1 Å². The van der Waals surface area contributed by atoms with Gasteiger partial charge in [-0.25, -0.2) is 8.42 Å². The highest BCUT2D eigenvalue weighted by Gasteiger charge is 2.23. The summed E-state index contributed by atoms with van der Waals surface area (Å²) in [6, 6.07) is 7.03. The van der Waals surface area contributed by atoms with Gasteiger partial charge in [-0.1, -0.05) is 26.0 Å². The Kier molecular flexibility index (Phi) is 5.36.